The third-order valence-corrected chi connectivity index (χ3v) is 10.9. The third kappa shape index (κ3) is 4.16. The van der Waals surface area contributed by atoms with Gasteiger partial charge in [-0.2, -0.15) is 5.26 Å². The van der Waals surface area contributed by atoms with Crippen molar-refractivity contribution in [3.05, 3.63) is 188 Å². The van der Waals surface area contributed by atoms with Gasteiger partial charge in [-0.1, -0.05) is 103 Å². The molecule has 0 fully saturated rings. The van der Waals surface area contributed by atoms with Crippen molar-refractivity contribution >= 4 is 65.4 Å². The molecule has 0 spiro atoms. The number of hydrogen-bond donors (Lipinski definition) is 0. The van der Waals surface area contributed by atoms with Gasteiger partial charge < -0.3 is 13.7 Å². The summed E-state index contributed by atoms with van der Waals surface area (Å²) in [5.41, 5.74) is 12.6. The molecule has 0 aliphatic rings. The molecule has 3 heterocycles. The van der Waals surface area contributed by atoms with E-state index in [9.17, 15) is 5.26 Å². The second-order valence-electron chi connectivity index (χ2n) is 13.6. The average molecular weight is 675 g/mol. The number of benzene rings is 8. The Balaban J connectivity index is 1.23. The van der Waals surface area contributed by atoms with Gasteiger partial charge in [0, 0.05) is 49.3 Å². The lowest BCUT2D eigenvalue weighted by Gasteiger charge is -2.16. The van der Waals surface area contributed by atoms with E-state index >= 15 is 0 Å². The predicted molar refractivity (Wildman–Crippen MR) is 220 cm³/mol. The first kappa shape index (κ1) is 29.4. The van der Waals surface area contributed by atoms with Gasteiger partial charge in [0.15, 0.2) is 0 Å². The summed E-state index contributed by atoms with van der Waals surface area (Å²) in [6.45, 7) is 0. The second kappa shape index (κ2) is 11.3. The van der Waals surface area contributed by atoms with Crippen LogP contribution in [0, 0.1) is 11.3 Å². The Kier molecular flexibility index (Phi) is 6.28. The Morgan fingerprint density at radius 3 is 1.45 bits per heavy atom. The first-order valence-corrected chi connectivity index (χ1v) is 17.9. The first-order valence-electron chi connectivity index (χ1n) is 17.9. The highest BCUT2D eigenvalue weighted by Crippen LogP contribution is 2.44. The van der Waals surface area contributed by atoms with E-state index in [0.29, 0.717) is 5.56 Å². The molecule has 0 aliphatic heterocycles. The minimum Gasteiger partial charge on any atom is -0.309 e. The van der Waals surface area contributed by atoms with Gasteiger partial charge in [0.1, 0.15) is 0 Å². The number of rotatable bonds is 4. The summed E-state index contributed by atoms with van der Waals surface area (Å²) in [6, 6.07) is 67.0. The number of para-hydroxylation sites is 5. The van der Waals surface area contributed by atoms with E-state index in [1.54, 1.807) is 0 Å². The van der Waals surface area contributed by atoms with Crippen molar-refractivity contribution in [1.29, 1.82) is 5.26 Å². The zero-order valence-corrected chi connectivity index (χ0v) is 28.6. The minimum absolute atomic E-state index is 0.640. The smallest absolute Gasteiger partial charge is 0.0998 e. The molecule has 0 atom stereocenters. The standard InChI is InChI=1S/C49H30N4/c50-31-33-14-13-25-44(47(33)32-26-27-43-39(30-32)36-19-7-10-22-40(36)51(43)34-15-3-1-4-16-34)53-42-24-12-9-21-38(42)49-46(53)29-28-45-48(49)37-20-8-11-23-41(37)52(45)35-17-5-2-6-18-35/h1-30H. The van der Waals surface area contributed by atoms with Crippen molar-refractivity contribution < 1.29 is 0 Å². The Morgan fingerprint density at radius 1 is 0.358 bits per heavy atom. The number of nitriles is 1. The van der Waals surface area contributed by atoms with Gasteiger partial charge in [-0.05, 0) is 84.4 Å². The fourth-order valence-corrected chi connectivity index (χ4v) is 8.74. The maximum Gasteiger partial charge on any atom is 0.0998 e. The fourth-order valence-electron chi connectivity index (χ4n) is 8.74. The van der Waals surface area contributed by atoms with Crippen LogP contribution in [0.4, 0.5) is 0 Å². The molecule has 4 heteroatoms. The number of hydrogen-bond acceptors (Lipinski definition) is 1. The van der Waals surface area contributed by atoms with Crippen molar-refractivity contribution in [3.8, 4) is 34.3 Å². The molecule has 0 aliphatic carbocycles. The van der Waals surface area contributed by atoms with Crippen LogP contribution < -0.4 is 0 Å². The van der Waals surface area contributed by atoms with Crippen LogP contribution in [0.2, 0.25) is 0 Å². The molecule has 8 aromatic carbocycles. The van der Waals surface area contributed by atoms with Gasteiger partial charge in [0.2, 0.25) is 0 Å². The molecule has 246 valence electrons. The molecule has 0 saturated heterocycles. The summed E-state index contributed by atoms with van der Waals surface area (Å²) in [7, 11) is 0. The van der Waals surface area contributed by atoms with Crippen LogP contribution >= 0.6 is 0 Å². The van der Waals surface area contributed by atoms with E-state index in [1.165, 1.54) is 38.0 Å². The summed E-state index contributed by atoms with van der Waals surface area (Å²) < 4.78 is 7.07. The Bertz CT molecular complexity index is 3280. The molecule has 53 heavy (non-hydrogen) atoms. The number of nitrogens with zero attached hydrogens (tertiary/aromatic N) is 4. The lowest BCUT2D eigenvalue weighted by Crippen LogP contribution is -2.00. The second-order valence-corrected chi connectivity index (χ2v) is 13.6. The predicted octanol–water partition coefficient (Wildman–Crippen LogP) is 12.5. The summed E-state index contributed by atoms with van der Waals surface area (Å²) in [4.78, 5) is 0. The SMILES string of the molecule is N#Cc1cccc(-n2c3ccccc3c3c4c5ccccc5n(-c5ccccc5)c4ccc32)c1-c1ccc2c(c1)c1ccccc1n2-c1ccccc1. The highest BCUT2D eigenvalue weighted by molar-refractivity contribution is 6.29. The Labute approximate surface area is 305 Å². The van der Waals surface area contributed by atoms with Crippen LogP contribution in [-0.2, 0) is 0 Å². The lowest BCUT2D eigenvalue weighted by molar-refractivity contribution is 1.17. The van der Waals surface area contributed by atoms with Crippen molar-refractivity contribution in [3.63, 3.8) is 0 Å². The molecule has 3 aromatic heterocycles. The Morgan fingerprint density at radius 2 is 0.830 bits per heavy atom. The van der Waals surface area contributed by atoms with Crippen LogP contribution in [0.15, 0.2) is 182 Å². The highest BCUT2D eigenvalue weighted by Gasteiger charge is 2.23. The maximum absolute atomic E-state index is 10.7. The van der Waals surface area contributed by atoms with Crippen molar-refractivity contribution in [2.24, 2.45) is 0 Å². The molecule has 0 unspecified atom stereocenters. The van der Waals surface area contributed by atoms with Crippen LogP contribution in [0.1, 0.15) is 5.56 Å². The summed E-state index contributed by atoms with van der Waals surface area (Å²) in [5, 5.41) is 17.8. The minimum atomic E-state index is 0.640. The monoisotopic (exact) mass is 674 g/mol. The van der Waals surface area contributed by atoms with Crippen LogP contribution in [0.25, 0.3) is 93.6 Å². The molecule has 0 saturated carbocycles. The van der Waals surface area contributed by atoms with Gasteiger partial charge in [-0.15, -0.1) is 0 Å². The summed E-state index contributed by atoms with van der Waals surface area (Å²) in [5.74, 6) is 0. The van der Waals surface area contributed by atoms with E-state index in [0.717, 1.165) is 55.6 Å². The van der Waals surface area contributed by atoms with Crippen LogP contribution in [0.3, 0.4) is 0 Å². The third-order valence-electron chi connectivity index (χ3n) is 10.9. The molecule has 0 radical (unpaired) electrons. The van der Waals surface area contributed by atoms with Crippen molar-refractivity contribution in [2.75, 3.05) is 0 Å². The van der Waals surface area contributed by atoms with Gasteiger partial charge in [0.25, 0.3) is 0 Å². The summed E-state index contributed by atoms with van der Waals surface area (Å²) in [6.07, 6.45) is 0. The number of aromatic nitrogens is 3. The zero-order valence-electron chi connectivity index (χ0n) is 28.6. The van der Waals surface area contributed by atoms with E-state index in [1.807, 2.05) is 12.1 Å². The molecular formula is C49H30N4. The van der Waals surface area contributed by atoms with Gasteiger partial charge in [-0.3, -0.25) is 0 Å². The normalized spacial score (nSPS) is 11.8. The molecule has 4 nitrogen and oxygen atoms in total. The topological polar surface area (TPSA) is 38.6 Å². The van der Waals surface area contributed by atoms with Gasteiger partial charge in [-0.25, -0.2) is 0 Å². The molecular weight excluding hydrogens is 645 g/mol. The summed E-state index contributed by atoms with van der Waals surface area (Å²) >= 11 is 0. The quantitative estimate of drug-likeness (QED) is 0.183. The lowest BCUT2D eigenvalue weighted by atomic mass is 9.96. The molecule has 0 N–H and O–H groups in total. The average Bonchev–Trinajstić information content (AvgIpc) is 3.86. The van der Waals surface area contributed by atoms with Crippen molar-refractivity contribution in [2.45, 2.75) is 0 Å². The molecule has 0 amide bonds. The molecule has 0 bridgehead atoms. The first-order chi connectivity index (χ1) is 26.3. The van der Waals surface area contributed by atoms with Crippen LogP contribution in [0.5, 0.6) is 0 Å². The maximum atomic E-state index is 10.7. The fraction of sp³-hybridized carbons (Fsp3) is 0. The van der Waals surface area contributed by atoms with Crippen molar-refractivity contribution in [1.82, 2.24) is 13.7 Å². The molecule has 11 rings (SSSR count). The van der Waals surface area contributed by atoms with E-state index < -0.39 is 0 Å². The van der Waals surface area contributed by atoms with Crippen LogP contribution in [-0.4, -0.2) is 13.7 Å². The number of fused-ring (bicyclic) bond motifs is 10. The largest absolute Gasteiger partial charge is 0.309 e. The molecule has 11 aromatic rings. The van der Waals surface area contributed by atoms with Gasteiger partial charge in [0.05, 0.1) is 50.4 Å². The Hall–Kier alpha value is -7.35. The van der Waals surface area contributed by atoms with E-state index in [-0.39, 0.29) is 0 Å². The zero-order chi connectivity index (χ0) is 35.0. The van der Waals surface area contributed by atoms with E-state index in [4.69, 9.17) is 0 Å². The van der Waals surface area contributed by atoms with Gasteiger partial charge >= 0.3 is 0 Å². The van der Waals surface area contributed by atoms with E-state index in [2.05, 4.69) is 190 Å². The highest BCUT2D eigenvalue weighted by atomic mass is 15.0.